The zero-order chi connectivity index (χ0) is 20.1. The predicted molar refractivity (Wildman–Crippen MR) is 109 cm³/mol. The SMILES string of the molecule is COc1cc(CN2CCC(C(=O)N3CCC(C)CC3)CC2)cc(OC)c1OC. The Bertz CT molecular complexity index is 637. The minimum Gasteiger partial charge on any atom is -0.493 e. The van der Waals surface area contributed by atoms with Crippen molar-refractivity contribution in [3.8, 4) is 17.2 Å². The topological polar surface area (TPSA) is 51.2 Å². The van der Waals surface area contributed by atoms with Crippen LogP contribution in [0.5, 0.6) is 17.2 Å². The first-order valence-corrected chi connectivity index (χ1v) is 10.4. The van der Waals surface area contributed by atoms with Crippen molar-refractivity contribution in [3.63, 3.8) is 0 Å². The maximum absolute atomic E-state index is 12.8. The van der Waals surface area contributed by atoms with Crippen molar-refractivity contribution < 1.29 is 19.0 Å². The van der Waals surface area contributed by atoms with Gasteiger partial charge in [-0.05, 0) is 62.4 Å². The van der Waals surface area contributed by atoms with Crippen molar-refractivity contribution in [1.29, 1.82) is 0 Å². The summed E-state index contributed by atoms with van der Waals surface area (Å²) in [5.41, 5.74) is 1.13. The lowest BCUT2D eigenvalue weighted by molar-refractivity contribution is -0.138. The highest BCUT2D eigenvalue weighted by Crippen LogP contribution is 2.38. The smallest absolute Gasteiger partial charge is 0.225 e. The van der Waals surface area contributed by atoms with E-state index in [1.807, 2.05) is 12.1 Å². The number of likely N-dealkylation sites (tertiary alicyclic amines) is 2. The van der Waals surface area contributed by atoms with Crippen LogP contribution in [0.1, 0.15) is 38.2 Å². The zero-order valence-electron chi connectivity index (χ0n) is 17.7. The number of hydrogen-bond donors (Lipinski definition) is 0. The largest absolute Gasteiger partial charge is 0.493 e. The number of piperidine rings is 2. The number of ether oxygens (including phenoxy) is 3. The van der Waals surface area contributed by atoms with Crippen LogP contribution in [-0.2, 0) is 11.3 Å². The van der Waals surface area contributed by atoms with E-state index in [2.05, 4.69) is 16.7 Å². The molecule has 3 rings (SSSR count). The second-order valence-corrected chi connectivity index (χ2v) is 8.09. The Morgan fingerprint density at radius 2 is 1.50 bits per heavy atom. The predicted octanol–water partition coefficient (Wildman–Crippen LogP) is 3.18. The van der Waals surface area contributed by atoms with Crippen LogP contribution >= 0.6 is 0 Å². The number of nitrogens with zero attached hydrogens (tertiary/aromatic N) is 2. The van der Waals surface area contributed by atoms with Gasteiger partial charge in [-0.1, -0.05) is 6.92 Å². The molecule has 0 N–H and O–H groups in total. The molecule has 6 heteroatoms. The molecule has 28 heavy (non-hydrogen) atoms. The summed E-state index contributed by atoms with van der Waals surface area (Å²) in [5.74, 6) is 3.30. The number of carbonyl (C=O) groups excluding carboxylic acids is 1. The van der Waals surface area contributed by atoms with E-state index in [1.54, 1.807) is 21.3 Å². The van der Waals surface area contributed by atoms with E-state index in [4.69, 9.17) is 14.2 Å². The first-order chi connectivity index (χ1) is 13.5. The molecule has 156 valence electrons. The molecule has 0 atom stereocenters. The third-order valence-electron chi connectivity index (χ3n) is 6.16. The van der Waals surface area contributed by atoms with Crippen molar-refractivity contribution >= 4 is 5.91 Å². The second kappa shape index (κ2) is 9.50. The molecule has 1 aromatic carbocycles. The Morgan fingerprint density at radius 1 is 0.929 bits per heavy atom. The summed E-state index contributed by atoms with van der Waals surface area (Å²) in [5, 5.41) is 0. The lowest BCUT2D eigenvalue weighted by Crippen LogP contribution is -2.45. The molecule has 6 nitrogen and oxygen atoms in total. The Morgan fingerprint density at radius 3 is 2.00 bits per heavy atom. The van der Waals surface area contributed by atoms with Gasteiger partial charge in [-0.25, -0.2) is 0 Å². The van der Waals surface area contributed by atoms with Crippen LogP contribution in [0.15, 0.2) is 12.1 Å². The van der Waals surface area contributed by atoms with Crippen LogP contribution in [0.25, 0.3) is 0 Å². The van der Waals surface area contributed by atoms with Gasteiger partial charge in [0.25, 0.3) is 0 Å². The summed E-state index contributed by atoms with van der Waals surface area (Å²) in [6, 6.07) is 4.01. The van der Waals surface area contributed by atoms with Gasteiger partial charge in [0.05, 0.1) is 21.3 Å². The summed E-state index contributed by atoms with van der Waals surface area (Å²) < 4.78 is 16.3. The van der Waals surface area contributed by atoms with Gasteiger partial charge in [0, 0.05) is 25.6 Å². The molecule has 0 radical (unpaired) electrons. The summed E-state index contributed by atoms with van der Waals surface area (Å²) >= 11 is 0. The summed E-state index contributed by atoms with van der Waals surface area (Å²) in [6.07, 6.45) is 4.17. The van der Waals surface area contributed by atoms with Crippen molar-refractivity contribution in [1.82, 2.24) is 9.80 Å². The molecule has 0 unspecified atom stereocenters. The Balaban J connectivity index is 1.56. The highest BCUT2D eigenvalue weighted by molar-refractivity contribution is 5.79. The van der Waals surface area contributed by atoms with E-state index in [0.717, 1.165) is 69.9 Å². The Labute approximate surface area is 168 Å². The molecule has 1 aromatic rings. The van der Waals surface area contributed by atoms with Gasteiger partial charge in [-0.2, -0.15) is 0 Å². The number of hydrogen-bond acceptors (Lipinski definition) is 5. The number of methoxy groups -OCH3 is 3. The Hall–Kier alpha value is -1.95. The number of amides is 1. The first kappa shape index (κ1) is 20.8. The fraction of sp³-hybridized carbons (Fsp3) is 0.682. The molecule has 0 spiro atoms. The van der Waals surface area contributed by atoms with Gasteiger partial charge < -0.3 is 19.1 Å². The molecular formula is C22H34N2O4. The fourth-order valence-electron chi connectivity index (χ4n) is 4.31. The van der Waals surface area contributed by atoms with Crippen molar-refractivity contribution in [2.75, 3.05) is 47.5 Å². The van der Waals surface area contributed by atoms with Crippen LogP contribution in [0.4, 0.5) is 0 Å². The van der Waals surface area contributed by atoms with Gasteiger partial charge in [0.2, 0.25) is 11.7 Å². The normalized spacial score (nSPS) is 19.5. The zero-order valence-corrected chi connectivity index (χ0v) is 17.7. The van der Waals surface area contributed by atoms with Crippen LogP contribution in [0.3, 0.4) is 0 Å². The van der Waals surface area contributed by atoms with Crippen LogP contribution in [-0.4, -0.2) is 63.2 Å². The van der Waals surface area contributed by atoms with E-state index < -0.39 is 0 Å². The van der Waals surface area contributed by atoms with Gasteiger partial charge in [-0.3, -0.25) is 9.69 Å². The fourth-order valence-corrected chi connectivity index (χ4v) is 4.31. The summed E-state index contributed by atoms with van der Waals surface area (Å²) in [6.45, 7) is 6.86. The Kier molecular flexibility index (Phi) is 7.05. The number of benzene rings is 1. The van der Waals surface area contributed by atoms with Crippen LogP contribution in [0.2, 0.25) is 0 Å². The van der Waals surface area contributed by atoms with E-state index in [9.17, 15) is 4.79 Å². The van der Waals surface area contributed by atoms with E-state index in [1.165, 1.54) is 0 Å². The van der Waals surface area contributed by atoms with Crippen molar-refractivity contribution in [2.24, 2.45) is 11.8 Å². The third-order valence-corrected chi connectivity index (χ3v) is 6.16. The third kappa shape index (κ3) is 4.72. The average Bonchev–Trinajstić information content (AvgIpc) is 2.73. The number of rotatable bonds is 6. The van der Waals surface area contributed by atoms with E-state index in [0.29, 0.717) is 23.2 Å². The van der Waals surface area contributed by atoms with Crippen LogP contribution < -0.4 is 14.2 Å². The van der Waals surface area contributed by atoms with Crippen LogP contribution in [0, 0.1) is 11.8 Å². The van der Waals surface area contributed by atoms with Crippen molar-refractivity contribution in [2.45, 2.75) is 39.2 Å². The molecular weight excluding hydrogens is 356 g/mol. The van der Waals surface area contributed by atoms with Gasteiger partial charge in [0.15, 0.2) is 11.5 Å². The molecule has 0 bridgehead atoms. The maximum atomic E-state index is 12.8. The minimum atomic E-state index is 0.185. The first-order valence-electron chi connectivity index (χ1n) is 10.4. The standard InChI is InChI=1S/C22H34N2O4/c1-16-5-11-24(12-6-16)22(25)18-7-9-23(10-8-18)15-17-13-19(26-2)21(28-4)20(14-17)27-3/h13-14,16,18H,5-12,15H2,1-4H3. The molecule has 2 saturated heterocycles. The lowest BCUT2D eigenvalue weighted by atomic mass is 9.92. The number of carbonyl (C=O) groups is 1. The molecule has 1 amide bonds. The molecule has 0 saturated carbocycles. The maximum Gasteiger partial charge on any atom is 0.225 e. The molecule has 0 aromatic heterocycles. The van der Waals surface area contributed by atoms with Gasteiger partial charge in [-0.15, -0.1) is 0 Å². The van der Waals surface area contributed by atoms with E-state index in [-0.39, 0.29) is 5.92 Å². The molecule has 2 heterocycles. The summed E-state index contributed by atoms with van der Waals surface area (Å²) in [4.78, 5) is 17.3. The van der Waals surface area contributed by atoms with Gasteiger partial charge in [0.1, 0.15) is 0 Å². The summed E-state index contributed by atoms with van der Waals surface area (Å²) in [7, 11) is 4.89. The minimum absolute atomic E-state index is 0.185. The molecule has 0 aliphatic carbocycles. The monoisotopic (exact) mass is 390 g/mol. The highest BCUT2D eigenvalue weighted by atomic mass is 16.5. The highest BCUT2D eigenvalue weighted by Gasteiger charge is 2.30. The lowest BCUT2D eigenvalue weighted by Gasteiger charge is -2.36. The molecule has 2 aliphatic rings. The van der Waals surface area contributed by atoms with Gasteiger partial charge >= 0.3 is 0 Å². The average molecular weight is 391 g/mol. The van der Waals surface area contributed by atoms with E-state index >= 15 is 0 Å². The quantitative estimate of drug-likeness (QED) is 0.747. The molecule has 2 aliphatic heterocycles. The van der Waals surface area contributed by atoms with Crippen molar-refractivity contribution in [3.05, 3.63) is 17.7 Å². The molecule has 2 fully saturated rings. The second-order valence-electron chi connectivity index (χ2n) is 8.09.